The Morgan fingerprint density at radius 1 is 1.50 bits per heavy atom. The minimum Gasteiger partial charge on any atom is -0.453 e. The van der Waals surface area contributed by atoms with Crippen molar-refractivity contribution in [2.24, 2.45) is 5.73 Å². The number of hydrogen-bond donors (Lipinski definition) is 1. The highest BCUT2D eigenvalue weighted by Crippen LogP contribution is 2.30. The number of likely N-dealkylation sites (N-methyl/N-ethyl adjacent to an activating group) is 1. The Morgan fingerprint density at radius 2 is 2.12 bits per heavy atom. The maximum atomic E-state index is 5.85. The van der Waals surface area contributed by atoms with Gasteiger partial charge in [-0.1, -0.05) is 6.92 Å². The highest BCUT2D eigenvalue weighted by Gasteiger charge is 2.29. The summed E-state index contributed by atoms with van der Waals surface area (Å²) in [5, 5.41) is 0. The van der Waals surface area contributed by atoms with Crippen LogP contribution in [0.5, 0.6) is 0 Å². The minimum atomic E-state index is 0.114. The molecule has 3 nitrogen and oxygen atoms in total. The third-order valence-corrected chi connectivity index (χ3v) is 3.86. The van der Waals surface area contributed by atoms with Crippen molar-refractivity contribution in [3.63, 3.8) is 0 Å². The highest BCUT2D eigenvalue weighted by molar-refractivity contribution is 9.10. The quantitative estimate of drug-likeness (QED) is 0.905. The van der Waals surface area contributed by atoms with Crippen molar-refractivity contribution in [1.82, 2.24) is 4.90 Å². The number of furan rings is 1. The van der Waals surface area contributed by atoms with Crippen molar-refractivity contribution in [2.75, 3.05) is 13.6 Å². The molecule has 0 amide bonds. The Hall–Kier alpha value is -0.320. The van der Waals surface area contributed by atoms with E-state index in [1.54, 1.807) is 0 Å². The van der Waals surface area contributed by atoms with Crippen LogP contribution in [0.25, 0.3) is 0 Å². The molecule has 0 saturated heterocycles. The summed E-state index contributed by atoms with van der Waals surface area (Å²) in [4.78, 5) is 2.28. The summed E-state index contributed by atoms with van der Waals surface area (Å²) in [6.45, 7) is 7.17. The van der Waals surface area contributed by atoms with Gasteiger partial charge < -0.3 is 10.2 Å². The van der Waals surface area contributed by atoms with E-state index in [4.69, 9.17) is 10.2 Å². The number of hydrogen-bond acceptors (Lipinski definition) is 3. The third kappa shape index (κ3) is 2.87. The van der Waals surface area contributed by atoms with Gasteiger partial charge in [0.05, 0.1) is 6.04 Å². The Morgan fingerprint density at radius 3 is 2.50 bits per heavy atom. The average molecular weight is 289 g/mol. The van der Waals surface area contributed by atoms with Gasteiger partial charge in [0.1, 0.15) is 5.76 Å². The molecule has 0 spiro atoms. The Balaban J connectivity index is 2.90. The fourth-order valence-electron chi connectivity index (χ4n) is 1.64. The molecule has 1 rings (SSSR count). The van der Waals surface area contributed by atoms with Crippen molar-refractivity contribution in [3.05, 3.63) is 22.6 Å². The second-order valence-electron chi connectivity index (χ2n) is 4.67. The minimum absolute atomic E-state index is 0.114. The van der Waals surface area contributed by atoms with E-state index in [9.17, 15) is 0 Å². The van der Waals surface area contributed by atoms with Crippen LogP contribution < -0.4 is 5.73 Å². The van der Waals surface area contributed by atoms with Gasteiger partial charge in [-0.3, -0.25) is 4.90 Å². The van der Waals surface area contributed by atoms with E-state index in [1.807, 2.05) is 12.1 Å². The molecular weight excluding hydrogens is 268 g/mol. The number of rotatable bonds is 5. The molecule has 16 heavy (non-hydrogen) atoms. The van der Waals surface area contributed by atoms with E-state index in [0.717, 1.165) is 16.9 Å². The van der Waals surface area contributed by atoms with E-state index in [2.05, 4.69) is 48.6 Å². The summed E-state index contributed by atoms with van der Waals surface area (Å²) < 4.78 is 6.35. The zero-order valence-electron chi connectivity index (χ0n) is 10.5. The highest BCUT2D eigenvalue weighted by atomic mass is 79.9. The van der Waals surface area contributed by atoms with Gasteiger partial charge >= 0.3 is 0 Å². The Kier molecular flexibility index (Phi) is 4.59. The van der Waals surface area contributed by atoms with Gasteiger partial charge in [0.25, 0.3) is 0 Å². The lowest BCUT2D eigenvalue weighted by atomic mass is 9.97. The Labute approximate surface area is 106 Å². The van der Waals surface area contributed by atoms with E-state index in [1.165, 1.54) is 0 Å². The van der Waals surface area contributed by atoms with Crippen LogP contribution in [0.3, 0.4) is 0 Å². The Bertz CT molecular complexity index is 336. The maximum absolute atomic E-state index is 5.85. The lowest BCUT2D eigenvalue weighted by Gasteiger charge is -2.39. The first-order valence-corrected chi connectivity index (χ1v) is 6.40. The van der Waals surface area contributed by atoms with E-state index in [0.29, 0.717) is 6.54 Å². The third-order valence-electron chi connectivity index (χ3n) is 3.43. The monoisotopic (exact) mass is 288 g/mol. The fourth-order valence-corrected chi connectivity index (χ4v) is 1.96. The summed E-state index contributed by atoms with van der Waals surface area (Å²) >= 11 is 3.32. The van der Waals surface area contributed by atoms with Gasteiger partial charge in [-0.15, -0.1) is 0 Å². The van der Waals surface area contributed by atoms with Crippen LogP contribution in [-0.2, 0) is 0 Å². The zero-order valence-corrected chi connectivity index (χ0v) is 12.0. The maximum Gasteiger partial charge on any atom is 0.169 e. The molecular formula is C12H21BrN2O. The van der Waals surface area contributed by atoms with Crippen molar-refractivity contribution >= 4 is 15.9 Å². The van der Waals surface area contributed by atoms with Crippen LogP contribution in [-0.4, -0.2) is 24.0 Å². The van der Waals surface area contributed by atoms with E-state index in [-0.39, 0.29) is 11.6 Å². The molecule has 1 atom stereocenters. The SMILES string of the molecule is CCC(C)(C)N(C)C(CN)c1ccc(Br)o1. The zero-order chi connectivity index (χ0) is 12.3. The van der Waals surface area contributed by atoms with Crippen LogP contribution in [0, 0.1) is 0 Å². The molecule has 92 valence electrons. The summed E-state index contributed by atoms with van der Waals surface area (Å²) in [5.74, 6) is 0.915. The molecule has 1 heterocycles. The summed E-state index contributed by atoms with van der Waals surface area (Å²) in [6, 6.07) is 4.01. The van der Waals surface area contributed by atoms with Crippen LogP contribution in [0.2, 0.25) is 0 Å². The lowest BCUT2D eigenvalue weighted by Crippen LogP contribution is -2.45. The van der Waals surface area contributed by atoms with Crippen LogP contribution >= 0.6 is 15.9 Å². The van der Waals surface area contributed by atoms with Gasteiger partial charge in [0.2, 0.25) is 0 Å². The second-order valence-corrected chi connectivity index (χ2v) is 5.45. The van der Waals surface area contributed by atoms with Crippen molar-refractivity contribution in [2.45, 2.75) is 38.8 Å². The molecule has 1 aromatic heterocycles. The van der Waals surface area contributed by atoms with Crippen LogP contribution in [0.4, 0.5) is 0 Å². The predicted octanol–water partition coefficient (Wildman–Crippen LogP) is 3.16. The molecule has 0 aromatic carbocycles. The normalized spacial score (nSPS) is 14.4. The van der Waals surface area contributed by atoms with Gasteiger partial charge in [0, 0.05) is 12.1 Å². The second kappa shape index (κ2) is 5.34. The van der Waals surface area contributed by atoms with Crippen molar-refractivity contribution in [3.8, 4) is 0 Å². The molecule has 0 saturated carbocycles. The molecule has 0 aliphatic carbocycles. The molecule has 1 unspecified atom stereocenters. The largest absolute Gasteiger partial charge is 0.453 e. The topological polar surface area (TPSA) is 42.4 Å². The summed E-state index contributed by atoms with van der Waals surface area (Å²) in [7, 11) is 2.09. The van der Waals surface area contributed by atoms with Crippen LogP contribution in [0.1, 0.15) is 39.0 Å². The van der Waals surface area contributed by atoms with Crippen molar-refractivity contribution < 1.29 is 4.42 Å². The summed E-state index contributed by atoms with van der Waals surface area (Å²) in [6.07, 6.45) is 1.07. The first-order chi connectivity index (χ1) is 7.42. The van der Waals surface area contributed by atoms with Gasteiger partial charge in [-0.2, -0.15) is 0 Å². The smallest absolute Gasteiger partial charge is 0.169 e. The molecule has 0 aliphatic rings. The molecule has 0 fully saturated rings. The van der Waals surface area contributed by atoms with E-state index < -0.39 is 0 Å². The van der Waals surface area contributed by atoms with Gasteiger partial charge in [-0.25, -0.2) is 0 Å². The van der Waals surface area contributed by atoms with Gasteiger partial charge in [0.15, 0.2) is 4.67 Å². The molecule has 4 heteroatoms. The first-order valence-electron chi connectivity index (χ1n) is 5.60. The molecule has 0 bridgehead atoms. The molecule has 0 aliphatic heterocycles. The van der Waals surface area contributed by atoms with Gasteiger partial charge in [-0.05, 0) is 55.4 Å². The fraction of sp³-hybridized carbons (Fsp3) is 0.667. The summed E-state index contributed by atoms with van der Waals surface area (Å²) in [5.41, 5.74) is 5.96. The number of nitrogens with two attached hydrogens (primary N) is 1. The van der Waals surface area contributed by atoms with Crippen molar-refractivity contribution in [1.29, 1.82) is 0 Å². The molecule has 1 aromatic rings. The van der Waals surface area contributed by atoms with Crippen LogP contribution in [0.15, 0.2) is 21.2 Å². The predicted molar refractivity (Wildman–Crippen MR) is 70.3 cm³/mol. The average Bonchev–Trinajstić information content (AvgIpc) is 2.66. The lowest BCUT2D eigenvalue weighted by molar-refractivity contribution is 0.0878. The molecule has 2 N–H and O–H groups in total. The number of halogens is 1. The first kappa shape index (κ1) is 13.7. The molecule has 0 radical (unpaired) electrons. The number of nitrogens with zero attached hydrogens (tertiary/aromatic N) is 1. The standard InChI is InChI=1S/C12H21BrN2O/c1-5-12(2,3)15(4)9(8-14)10-6-7-11(13)16-10/h6-7,9H,5,8,14H2,1-4H3. The van der Waals surface area contributed by atoms with E-state index >= 15 is 0 Å².